The molecule has 1 aliphatic rings. The predicted molar refractivity (Wildman–Crippen MR) is 75.0 cm³/mol. The highest BCUT2D eigenvalue weighted by atomic mass is 16.6. The van der Waals surface area contributed by atoms with Crippen molar-refractivity contribution in [2.24, 2.45) is 5.92 Å². The van der Waals surface area contributed by atoms with Crippen LogP contribution in [-0.2, 0) is 4.79 Å². The third kappa shape index (κ3) is 3.26. The Morgan fingerprint density at radius 2 is 2.30 bits per heavy atom. The predicted octanol–water partition coefficient (Wildman–Crippen LogP) is 2.59. The van der Waals surface area contributed by atoms with Gasteiger partial charge in [-0.05, 0) is 37.3 Å². The zero-order valence-corrected chi connectivity index (χ0v) is 11.4. The number of hydrogen-bond acceptors (Lipinski definition) is 4. The van der Waals surface area contributed by atoms with Gasteiger partial charge in [0.15, 0.2) is 0 Å². The molecule has 6 nitrogen and oxygen atoms in total. The number of nitrogens with zero attached hydrogens (tertiary/aromatic N) is 2. The molecular weight excluding hydrogens is 260 g/mol. The number of carbonyl (C=O) groups is 1. The third-order valence-corrected chi connectivity index (χ3v) is 3.65. The molecule has 6 heteroatoms. The van der Waals surface area contributed by atoms with E-state index in [4.69, 9.17) is 5.11 Å². The molecule has 0 bridgehead atoms. The molecule has 0 radical (unpaired) electrons. The second kappa shape index (κ2) is 5.90. The quantitative estimate of drug-likeness (QED) is 0.676. The number of benzene rings is 1. The average molecular weight is 278 g/mol. The van der Waals surface area contributed by atoms with E-state index in [-0.39, 0.29) is 22.9 Å². The van der Waals surface area contributed by atoms with Gasteiger partial charge in [-0.3, -0.25) is 14.9 Å². The summed E-state index contributed by atoms with van der Waals surface area (Å²) in [5.41, 5.74) is 1.66. The summed E-state index contributed by atoms with van der Waals surface area (Å²) in [4.78, 5) is 23.5. The van der Waals surface area contributed by atoms with Crippen molar-refractivity contribution in [1.29, 1.82) is 0 Å². The number of nitro groups is 1. The molecule has 1 N–H and O–H groups in total. The van der Waals surface area contributed by atoms with Crippen molar-refractivity contribution in [3.8, 4) is 0 Å². The summed E-state index contributed by atoms with van der Waals surface area (Å²) in [6.45, 7) is 3.20. The van der Waals surface area contributed by atoms with Crippen LogP contribution in [0.15, 0.2) is 18.2 Å². The Labute approximate surface area is 117 Å². The van der Waals surface area contributed by atoms with Crippen LogP contribution in [0.25, 0.3) is 0 Å². The second-order valence-corrected chi connectivity index (χ2v) is 5.30. The Balaban J connectivity index is 2.24. The van der Waals surface area contributed by atoms with Gasteiger partial charge >= 0.3 is 5.97 Å². The molecule has 1 atom stereocenters. The van der Waals surface area contributed by atoms with Crippen molar-refractivity contribution in [3.63, 3.8) is 0 Å². The van der Waals surface area contributed by atoms with Crippen molar-refractivity contribution < 1.29 is 14.8 Å². The Kier molecular flexibility index (Phi) is 4.22. The van der Waals surface area contributed by atoms with E-state index in [1.54, 1.807) is 12.1 Å². The van der Waals surface area contributed by atoms with Crippen molar-refractivity contribution in [1.82, 2.24) is 0 Å². The fourth-order valence-electron chi connectivity index (χ4n) is 2.74. The number of hydrogen-bond donors (Lipinski definition) is 1. The van der Waals surface area contributed by atoms with E-state index in [1.807, 2.05) is 11.8 Å². The van der Waals surface area contributed by atoms with Gasteiger partial charge in [0.2, 0.25) is 0 Å². The Morgan fingerprint density at radius 3 is 2.95 bits per heavy atom. The van der Waals surface area contributed by atoms with E-state index in [2.05, 4.69) is 0 Å². The van der Waals surface area contributed by atoms with E-state index in [9.17, 15) is 14.9 Å². The number of carboxylic acid groups (broad SMARTS) is 1. The molecule has 108 valence electrons. The molecule has 1 unspecified atom stereocenters. The largest absolute Gasteiger partial charge is 0.481 e. The summed E-state index contributed by atoms with van der Waals surface area (Å²) in [6, 6.07) is 5.05. The van der Waals surface area contributed by atoms with Crippen LogP contribution in [-0.4, -0.2) is 29.1 Å². The molecule has 0 aliphatic carbocycles. The lowest BCUT2D eigenvalue weighted by atomic mass is 9.94. The molecule has 1 saturated heterocycles. The molecule has 0 amide bonds. The monoisotopic (exact) mass is 278 g/mol. The fraction of sp³-hybridized carbons (Fsp3) is 0.500. The van der Waals surface area contributed by atoms with E-state index < -0.39 is 5.97 Å². The lowest BCUT2D eigenvalue weighted by Gasteiger charge is -2.33. The maximum Gasteiger partial charge on any atom is 0.303 e. The zero-order valence-electron chi connectivity index (χ0n) is 11.4. The molecule has 20 heavy (non-hydrogen) atoms. The van der Waals surface area contributed by atoms with Crippen LogP contribution in [0.2, 0.25) is 0 Å². The highest BCUT2D eigenvalue weighted by Gasteiger charge is 2.26. The number of rotatable bonds is 4. The first-order valence-corrected chi connectivity index (χ1v) is 6.69. The van der Waals surface area contributed by atoms with Crippen LogP contribution in [0.3, 0.4) is 0 Å². The number of nitro benzene ring substituents is 1. The van der Waals surface area contributed by atoms with Gasteiger partial charge in [0.1, 0.15) is 5.69 Å². The van der Waals surface area contributed by atoms with Gasteiger partial charge < -0.3 is 10.0 Å². The van der Waals surface area contributed by atoms with Crippen LogP contribution < -0.4 is 4.90 Å². The summed E-state index contributed by atoms with van der Waals surface area (Å²) in [7, 11) is 0. The van der Waals surface area contributed by atoms with Gasteiger partial charge in [0.25, 0.3) is 5.69 Å². The highest BCUT2D eigenvalue weighted by molar-refractivity contribution is 5.68. The van der Waals surface area contributed by atoms with Crippen molar-refractivity contribution in [3.05, 3.63) is 33.9 Å². The molecule has 1 fully saturated rings. The molecule has 0 saturated carbocycles. The molecule has 1 aromatic carbocycles. The number of aryl methyl sites for hydroxylation is 1. The number of aliphatic carboxylic acids is 1. The Morgan fingerprint density at radius 1 is 1.55 bits per heavy atom. The first-order valence-electron chi connectivity index (χ1n) is 6.69. The summed E-state index contributed by atoms with van der Waals surface area (Å²) in [6.07, 6.45) is 1.85. The van der Waals surface area contributed by atoms with Crippen molar-refractivity contribution in [2.75, 3.05) is 18.0 Å². The Bertz CT molecular complexity index is 530. The van der Waals surface area contributed by atoms with Crippen molar-refractivity contribution in [2.45, 2.75) is 26.2 Å². The molecule has 1 heterocycles. The van der Waals surface area contributed by atoms with Gasteiger partial charge in [-0.1, -0.05) is 6.07 Å². The highest BCUT2D eigenvalue weighted by Crippen LogP contribution is 2.33. The summed E-state index contributed by atoms with van der Waals surface area (Å²) in [5, 5.41) is 20.0. The van der Waals surface area contributed by atoms with Crippen molar-refractivity contribution >= 4 is 17.3 Å². The molecule has 0 aromatic heterocycles. The average Bonchev–Trinajstić information content (AvgIpc) is 2.37. The minimum absolute atomic E-state index is 0.0568. The van der Waals surface area contributed by atoms with Gasteiger partial charge in [-0.2, -0.15) is 0 Å². The fourth-order valence-corrected chi connectivity index (χ4v) is 2.74. The molecular formula is C14H18N2O4. The molecule has 0 spiro atoms. The van der Waals surface area contributed by atoms with Crippen LogP contribution in [0.5, 0.6) is 0 Å². The van der Waals surface area contributed by atoms with Gasteiger partial charge in [-0.25, -0.2) is 0 Å². The first-order chi connectivity index (χ1) is 9.47. The van der Waals surface area contributed by atoms with Crippen LogP contribution in [0.4, 0.5) is 11.4 Å². The maximum atomic E-state index is 11.1. The van der Waals surface area contributed by atoms with E-state index in [1.165, 1.54) is 6.07 Å². The van der Waals surface area contributed by atoms with E-state index in [0.29, 0.717) is 12.2 Å². The lowest BCUT2D eigenvalue weighted by Crippen LogP contribution is -2.36. The lowest BCUT2D eigenvalue weighted by molar-refractivity contribution is -0.384. The van der Waals surface area contributed by atoms with E-state index >= 15 is 0 Å². The van der Waals surface area contributed by atoms with Gasteiger partial charge in [0.05, 0.1) is 4.92 Å². The molecule has 1 aromatic rings. The van der Waals surface area contributed by atoms with Crippen LogP contribution in [0.1, 0.15) is 24.8 Å². The second-order valence-electron chi connectivity index (χ2n) is 5.30. The SMILES string of the molecule is Cc1ccc([N+](=O)[O-])c(N2CCCC(CC(=O)O)C2)c1. The minimum Gasteiger partial charge on any atom is -0.481 e. The number of piperidine rings is 1. The topological polar surface area (TPSA) is 83.7 Å². The minimum atomic E-state index is -0.810. The summed E-state index contributed by atoms with van der Waals surface area (Å²) in [5.74, 6) is -0.753. The van der Waals surface area contributed by atoms with Crippen LogP contribution >= 0.6 is 0 Å². The van der Waals surface area contributed by atoms with E-state index in [0.717, 1.165) is 24.9 Å². The molecule has 1 aliphatic heterocycles. The summed E-state index contributed by atoms with van der Waals surface area (Å²) >= 11 is 0. The standard InChI is InChI=1S/C14H18N2O4/c1-10-4-5-12(16(19)20)13(7-10)15-6-2-3-11(9-15)8-14(17)18/h4-5,7,11H,2-3,6,8-9H2,1H3,(H,17,18). The first kappa shape index (κ1) is 14.3. The normalized spacial score (nSPS) is 18.9. The third-order valence-electron chi connectivity index (χ3n) is 3.65. The summed E-state index contributed by atoms with van der Waals surface area (Å²) < 4.78 is 0. The number of carboxylic acids is 1. The smallest absolute Gasteiger partial charge is 0.303 e. The van der Waals surface area contributed by atoms with Gasteiger partial charge in [0, 0.05) is 25.6 Å². The zero-order chi connectivity index (χ0) is 14.7. The van der Waals surface area contributed by atoms with Gasteiger partial charge in [-0.15, -0.1) is 0 Å². The number of anilines is 1. The Hall–Kier alpha value is -2.11. The maximum absolute atomic E-state index is 11.1. The molecule has 2 rings (SSSR count). The van der Waals surface area contributed by atoms with Crippen LogP contribution in [0, 0.1) is 23.0 Å².